The Kier molecular flexibility index (Phi) is 6.28. The van der Waals surface area contributed by atoms with Gasteiger partial charge in [0.05, 0.1) is 23.1 Å². The predicted molar refractivity (Wildman–Crippen MR) is 99.4 cm³/mol. The number of anilines is 1. The molecular formula is C18H18N4O4S. The standard InChI is InChI=1S/C18H18N4O4S/c1-22(2)27(25,26)16-9-5-14(6-10-16)18(24)20-12-17(23)21-15-7-3-13(11-19)4-8-15/h3-10H,12H2,1-2H3,(H,20,24)(H,21,23). The summed E-state index contributed by atoms with van der Waals surface area (Å²) in [6.45, 7) is -0.253. The second kappa shape index (κ2) is 8.44. The minimum Gasteiger partial charge on any atom is -0.343 e. The van der Waals surface area contributed by atoms with Crippen LogP contribution >= 0.6 is 0 Å². The van der Waals surface area contributed by atoms with E-state index in [0.717, 1.165) is 4.31 Å². The Hall–Kier alpha value is -3.22. The van der Waals surface area contributed by atoms with Gasteiger partial charge < -0.3 is 10.6 Å². The van der Waals surface area contributed by atoms with E-state index >= 15 is 0 Å². The summed E-state index contributed by atoms with van der Waals surface area (Å²) in [4.78, 5) is 24.1. The van der Waals surface area contributed by atoms with Gasteiger partial charge in [0, 0.05) is 25.3 Å². The average Bonchev–Trinajstić information content (AvgIpc) is 2.66. The van der Waals surface area contributed by atoms with Crippen LogP contribution in [0.15, 0.2) is 53.4 Å². The molecule has 2 aromatic rings. The third-order valence-corrected chi connectivity index (χ3v) is 5.43. The van der Waals surface area contributed by atoms with E-state index in [4.69, 9.17) is 5.26 Å². The topological polar surface area (TPSA) is 119 Å². The van der Waals surface area contributed by atoms with Crippen molar-refractivity contribution in [2.24, 2.45) is 0 Å². The van der Waals surface area contributed by atoms with Crippen LogP contribution in [0.5, 0.6) is 0 Å². The third kappa shape index (κ3) is 5.13. The second-order valence-corrected chi connectivity index (χ2v) is 7.88. The molecule has 0 saturated heterocycles. The van der Waals surface area contributed by atoms with E-state index in [-0.39, 0.29) is 17.0 Å². The van der Waals surface area contributed by atoms with E-state index in [9.17, 15) is 18.0 Å². The van der Waals surface area contributed by atoms with Crippen molar-refractivity contribution < 1.29 is 18.0 Å². The molecule has 8 nitrogen and oxygen atoms in total. The molecule has 27 heavy (non-hydrogen) atoms. The quantitative estimate of drug-likeness (QED) is 0.772. The number of carbonyl (C=O) groups is 2. The van der Waals surface area contributed by atoms with Gasteiger partial charge in [0.15, 0.2) is 0 Å². The summed E-state index contributed by atoms with van der Waals surface area (Å²) in [5.41, 5.74) is 1.21. The highest BCUT2D eigenvalue weighted by Gasteiger charge is 2.17. The summed E-state index contributed by atoms with van der Waals surface area (Å²) in [7, 11) is -0.729. The van der Waals surface area contributed by atoms with Gasteiger partial charge in [-0.25, -0.2) is 12.7 Å². The number of amides is 2. The van der Waals surface area contributed by atoms with E-state index in [1.165, 1.54) is 38.4 Å². The van der Waals surface area contributed by atoms with Crippen molar-refractivity contribution in [3.8, 4) is 6.07 Å². The SMILES string of the molecule is CN(C)S(=O)(=O)c1ccc(C(=O)NCC(=O)Nc2ccc(C#N)cc2)cc1. The fraction of sp³-hybridized carbons (Fsp3) is 0.167. The maximum Gasteiger partial charge on any atom is 0.251 e. The fourth-order valence-corrected chi connectivity index (χ4v) is 2.99. The van der Waals surface area contributed by atoms with Gasteiger partial charge in [-0.3, -0.25) is 9.59 Å². The van der Waals surface area contributed by atoms with Crippen molar-refractivity contribution in [3.05, 3.63) is 59.7 Å². The lowest BCUT2D eigenvalue weighted by Gasteiger charge is -2.11. The number of hydrogen-bond donors (Lipinski definition) is 2. The minimum absolute atomic E-state index is 0.0719. The van der Waals surface area contributed by atoms with Gasteiger partial charge in [-0.1, -0.05) is 0 Å². The number of rotatable bonds is 6. The summed E-state index contributed by atoms with van der Waals surface area (Å²) in [5.74, 6) is -0.932. The van der Waals surface area contributed by atoms with Crippen LogP contribution in [0.25, 0.3) is 0 Å². The molecule has 2 rings (SSSR count). The molecule has 2 amide bonds. The first kappa shape index (κ1) is 20.1. The molecule has 0 aromatic heterocycles. The largest absolute Gasteiger partial charge is 0.343 e. The van der Waals surface area contributed by atoms with Crippen LogP contribution in [0.3, 0.4) is 0 Å². The Bertz CT molecular complexity index is 976. The Balaban J connectivity index is 1.93. The van der Waals surface area contributed by atoms with Crippen LogP contribution in [-0.2, 0) is 14.8 Å². The third-order valence-electron chi connectivity index (χ3n) is 3.60. The predicted octanol–water partition coefficient (Wildman–Crippen LogP) is 1.18. The molecule has 2 aromatic carbocycles. The average molecular weight is 386 g/mol. The maximum absolute atomic E-state index is 12.1. The zero-order valence-corrected chi connectivity index (χ0v) is 15.6. The van der Waals surface area contributed by atoms with Gasteiger partial charge in [-0.15, -0.1) is 0 Å². The fourth-order valence-electron chi connectivity index (χ4n) is 2.08. The van der Waals surface area contributed by atoms with E-state index in [1.807, 2.05) is 6.07 Å². The Morgan fingerprint density at radius 2 is 1.63 bits per heavy atom. The zero-order valence-electron chi connectivity index (χ0n) is 14.8. The van der Waals surface area contributed by atoms with E-state index < -0.39 is 21.8 Å². The zero-order chi connectivity index (χ0) is 20.0. The molecule has 0 radical (unpaired) electrons. The molecule has 0 spiro atoms. The molecule has 0 heterocycles. The molecule has 0 atom stereocenters. The number of nitriles is 1. The Morgan fingerprint density at radius 3 is 2.15 bits per heavy atom. The van der Waals surface area contributed by atoms with E-state index in [2.05, 4.69) is 10.6 Å². The molecule has 2 N–H and O–H groups in total. The summed E-state index contributed by atoms with van der Waals surface area (Å²) in [6.07, 6.45) is 0. The summed E-state index contributed by atoms with van der Waals surface area (Å²) in [5, 5.41) is 13.8. The Morgan fingerprint density at radius 1 is 1.04 bits per heavy atom. The van der Waals surface area contributed by atoms with Gasteiger partial charge in [0.1, 0.15) is 0 Å². The molecule has 0 fully saturated rings. The Labute approximate surface area is 157 Å². The summed E-state index contributed by atoms with van der Waals surface area (Å²) >= 11 is 0. The van der Waals surface area contributed by atoms with Crippen LogP contribution in [0, 0.1) is 11.3 Å². The number of nitrogens with zero attached hydrogens (tertiary/aromatic N) is 2. The van der Waals surface area contributed by atoms with Gasteiger partial charge >= 0.3 is 0 Å². The molecule has 0 aliphatic rings. The summed E-state index contributed by atoms with van der Waals surface area (Å²) in [6, 6.07) is 13.7. The molecular weight excluding hydrogens is 368 g/mol. The molecule has 0 aliphatic heterocycles. The molecule has 140 valence electrons. The van der Waals surface area contributed by atoms with Crippen molar-refractivity contribution >= 4 is 27.5 Å². The second-order valence-electron chi connectivity index (χ2n) is 5.73. The lowest BCUT2D eigenvalue weighted by molar-refractivity contribution is -0.115. The number of benzene rings is 2. The van der Waals surface area contributed by atoms with Gasteiger partial charge in [-0.05, 0) is 48.5 Å². The van der Waals surface area contributed by atoms with Gasteiger partial charge in [0.25, 0.3) is 5.91 Å². The van der Waals surface area contributed by atoms with Gasteiger partial charge in [-0.2, -0.15) is 5.26 Å². The number of hydrogen-bond acceptors (Lipinski definition) is 5. The lowest BCUT2D eigenvalue weighted by Crippen LogP contribution is -2.32. The highest BCUT2D eigenvalue weighted by atomic mass is 32.2. The van der Waals surface area contributed by atoms with Crippen LogP contribution in [0.2, 0.25) is 0 Å². The van der Waals surface area contributed by atoms with Crippen molar-refractivity contribution in [1.29, 1.82) is 5.26 Å². The smallest absolute Gasteiger partial charge is 0.251 e. The van der Waals surface area contributed by atoms with Crippen molar-refractivity contribution in [2.75, 3.05) is 26.0 Å². The first-order valence-corrected chi connectivity index (χ1v) is 9.29. The van der Waals surface area contributed by atoms with E-state index in [1.54, 1.807) is 24.3 Å². The monoisotopic (exact) mass is 386 g/mol. The first-order valence-electron chi connectivity index (χ1n) is 7.85. The number of nitrogens with one attached hydrogen (secondary N) is 2. The van der Waals surface area contributed by atoms with Crippen molar-refractivity contribution in [1.82, 2.24) is 9.62 Å². The molecule has 0 unspecified atom stereocenters. The van der Waals surface area contributed by atoms with E-state index in [0.29, 0.717) is 11.3 Å². The van der Waals surface area contributed by atoms with Crippen LogP contribution in [0.4, 0.5) is 5.69 Å². The lowest BCUT2D eigenvalue weighted by atomic mass is 10.2. The van der Waals surface area contributed by atoms with Gasteiger partial charge in [0.2, 0.25) is 15.9 Å². The highest BCUT2D eigenvalue weighted by Crippen LogP contribution is 2.14. The summed E-state index contributed by atoms with van der Waals surface area (Å²) < 4.78 is 25.1. The normalized spacial score (nSPS) is 10.9. The molecule has 0 aliphatic carbocycles. The minimum atomic E-state index is -3.57. The first-order chi connectivity index (χ1) is 12.7. The number of sulfonamides is 1. The number of carbonyl (C=O) groups excluding carboxylic acids is 2. The molecule has 0 saturated carbocycles. The molecule has 0 bridgehead atoms. The highest BCUT2D eigenvalue weighted by molar-refractivity contribution is 7.89. The van der Waals surface area contributed by atoms with Crippen LogP contribution < -0.4 is 10.6 Å². The van der Waals surface area contributed by atoms with Crippen molar-refractivity contribution in [3.63, 3.8) is 0 Å². The van der Waals surface area contributed by atoms with Crippen LogP contribution in [-0.4, -0.2) is 45.2 Å². The van der Waals surface area contributed by atoms with Crippen LogP contribution in [0.1, 0.15) is 15.9 Å². The van der Waals surface area contributed by atoms with Crippen molar-refractivity contribution in [2.45, 2.75) is 4.90 Å². The molecule has 9 heteroatoms. The maximum atomic E-state index is 12.1.